The van der Waals surface area contributed by atoms with Crippen LogP contribution in [0.3, 0.4) is 0 Å². The summed E-state index contributed by atoms with van der Waals surface area (Å²) in [5.74, 6) is 0.473. The van der Waals surface area contributed by atoms with Crippen molar-refractivity contribution in [2.75, 3.05) is 11.6 Å². The Balaban J connectivity index is 1.79. The number of pyridine rings is 1. The van der Waals surface area contributed by atoms with Gasteiger partial charge in [0.15, 0.2) is 5.82 Å². The summed E-state index contributed by atoms with van der Waals surface area (Å²) < 4.78 is 27.7. The second-order valence-corrected chi connectivity index (χ2v) is 8.24. The van der Waals surface area contributed by atoms with Crippen molar-refractivity contribution in [3.63, 3.8) is 0 Å². The van der Waals surface area contributed by atoms with Gasteiger partial charge < -0.3 is 4.90 Å². The van der Waals surface area contributed by atoms with Crippen LogP contribution in [0, 0.1) is 6.92 Å². The standard InChI is InChI=1S/C20H19N3O2S/c1-16-9-11-18(12-10-16)23-15-22(14-17-6-3-2-4-7-17)26(24,25)19-8-5-13-21-20(19)23/h2-13H,14-15H2,1H3. The van der Waals surface area contributed by atoms with Crippen molar-refractivity contribution in [1.82, 2.24) is 9.29 Å². The Kier molecular flexibility index (Phi) is 4.22. The highest BCUT2D eigenvalue weighted by molar-refractivity contribution is 7.89. The molecule has 0 saturated heterocycles. The number of nitrogens with zero attached hydrogens (tertiary/aromatic N) is 3. The van der Waals surface area contributed by atoms with Gasteiger partial charge in [-0.2, -0.15) is 4.31 Å². The van der Waals surface area contributed by atoms with E-state index in [1.807, 2.05) is 66.4 Å². The van der Waals surface area contributed by atoms with Gasteiger partial charge in [-0.25, -0.2) is 13.4 Å². The van der Waals surface area contributed by atoms with Crippen molar-refractivity contribution < 1.29 is 8.42 Å². The number of benzene rings is 2. The maximum absolute atomic E-state index is 13.1. The predicted molar refractivity (Wildman–Crippen MR) is 102 cm³/mol. The molecule has 0 spiro atoms. The molecule has 4 rings (SSSR count). The molecule has 5 nitrogen and oxygen atoms in total. The molecule has 1 aromatic heterocycles. The number of fused-ring (bicyclic) bond motifs is 1. The van der Waals surface area contributed by atoms with E-state index >= 15 is 0 Å². The topological polar surface area (TPSA) is 53.5 Å². The first kappa shape index (κ1) is 16.8. The van der Waals surface area contributed by atoms with Gasteiger partial charge in [-0.05, 0) is 36.8 Å². The lowest BCUT2D eigenvalue weighted by Crippen LogP contribution is -2.44. The molecule has 132 valence electrons. The molecule has 6 heteroatoms. The lowest BCUT2D eigenvalue weighted by Gasteiger charge is -2.36. The number of hydrogen-bond donors (Lipinski definition) is 0. The van der Waals surface area contributed by atoms with E-state index in [1.165, 1.54) is 4.31 Å². The third kappa shape index (κ3) is 2.98. The fraction of sp³-hybridized carbons (Fsp3) is 0.150. The van der Waals surface area contributed by atoms with Crippen LogP contribution >= 0.6 is 0 Å². The number of hydrogen-bond acceptors (Lipinski definition) is 4. The minimum Gasteiger partial charge on any atom is -0.311 e. The summed E-state index contributed by atoms with van der Waals surface area (Å²) in [6.07, 6.45) is 1.63. The van der Waals surface area contributed by atoms with Crippen LogP contribution < -0.4 is 4.90 Å². The molecule has 3 aromatic rings. The van der Waals surface area contributed by atoms with Crippen molar-refractivity contribution in [3.8, 4) is 0 Å². The number of sulfonamides is 1. The second-order valence-electron chi connectivity index (χ2n) is 6.33. The zero-order valence-electron chi connectivity index (χ0n) is 14.4. The molecule has 26 heavy (non-hydrogen) atoms. The minimum absolute atomic E-state index is 0.226. The SMILES string of the molecule is Cc1ccc(N2CN(Cc3ccccc3)S(=O)(=O)c3cccnc32)cc1. The summed E-state index contributed by atoms with van der Waals surface area (Å²) in [6.45, 7) is 2.57. The first-order valence-corrected chi connectivity index (χ1v) is 9.83. The summed E-state index contributed by atoms with van der Waals surface area (Å²) >= 11 is 0. The molecule has 0 N–H and O–H groups in total. The maximum atomic E-state index is 13.1. The van der Waals surface area contributed by atoms with Gasteiger partial charge in [0, 0.05) is 18.4 Å². The van der Waals surface area contributed by atoms with Crippen LogP contribution in [-0.2, 0) is 16.6 Å². The van der Waals surface area contributed by atoms with E-state index in [4.69, 9.17) is 0 Å². The number of aromatic nitrogens is 1. The molecule has 0 saturated carbocycles. The van der Waals surface area contributed by atoms with Crippen LogP contribution in [0.4, 0.5) is 11.5 Å². The van der Waals surface area contributed by atoms with E-state index in [-0.39, 0.29) is 11.6 Å². The van der Waals surface area contributed by atoms with Crippen molar-refractivity contribution in [3.05, 3.63) is 84.1 Å². The molecule has 0 fully saturated rings. The fourth-order valence-electron chi connectivity index (χ4n) is 3.08. The summed E-state index contributed by atoms with van der Waals surface area (Å²) in [5, 5.41) is 0. The summed E-state index contributed by atoms with van der Waals surface area (Å²) in [7, 11) is -3.60. The Morgan fingerprint density at radius 2 is 1.69 bits per heavy atom. The molecule has 2 heterocycles. The van der Waals surface area contributed by atoms with Crippen molar-refractivity contribution in [2.24, 2.45) is 0 Å². The van der Waals surface area contributed by atoms with Gasteiger partial charge in [0.2, 0.25) is 10.0 Å². The van der Waals surface area contributed by atoms with Crippen LogP contribution in [0.15, 0.2) is 77.8 Å². The van der Waals surface area contributed by atoms with Gasteiger partial charge in [0.1, 0.15) is 4.90 Å². The van der Waals surface area contributed by atoms with E-state index in [9.17, 15) is 8.42 Å². The average molecular weight is 365 g/mol. The summed E-state index contributed by atoms with van der Waals surface area (Å²) in [5.41, 5.74) is 3.02. The van der Waals surface area contributed by atoms with E-state index in [0.29, 0.717) is 12.4 Å². The van der Waals surface area contributed by atoms with Gasteiger partial charge in [0.05, 0.1) is 6.67 Å². The molecule has 0 atom stereocenters. The molecular formula is C20H19N3O2S. The average Bonchev–Trinajstić information content (AvgIpc) is 2.66. The molecule has 0 unspecified atom stereocenters. The predicted octanol–water partition coefficient (Wildman–Crippen LogP) is 3.69. The molecule has 1 aliphatic rings. The lowest BCUT2D eigenvalue weighted by atomic mass is 10.2. The smallest absolute Gasteiger partial charge is 0.248 e. The van der Waals surface area contributed by atoms with E-state index in [2.05, 4.69) is 4.98 Å². The zero-order valence-corrected chi connectivity index (χ0v) is 15.2. The minimum atomic E-state index is -3.60. The second kappa shape index (κ2) is 6.55. The van der Waals surface area contributed by atoms with Crippen molar-refractivity contribution in [2.45, 2.75) is 18.4 Å². The highest BCUT2D eigenvalue weighted by atomic mass is 32.2. The number of rotatable bonds is 3. The Hall–Kier alpha value is -2.70. The normalized spacial score (nSPS) is 16.3. The third-order valence-electron chi connectivity index (χ3n) is 4.47. The van der Waals surface area contributed by atoms with Crippen LogP contribution in [0.1, 0.15) is 11.1 Å². The van der Waals surface area contributed by atoms with E-state index in [0.717, 1.165) is 16.8 Å². The maximum Gasteiger partial charge on any atom is 0.248 e. The highest BCUT2D eigenvalue weighted by Gasteiger charge is 2.36. The zero-order chi connectivity index (χ0) is 18.1. The summed E-state index contributed by atoms with van der Waals surface area (Å²) in [4.78, 5) is 6.54. The Bertz CT molecular complexity index is 1020. The van der Waals surface area contributed by atoms with Gasteiger partial charge >= 0.3 is 0 Å². The molecule has 0 radical (unpaired) electrons. The molecule has 0 bridgehead atoms. The van der Waals surface area contributed by atoms with Gasteiger partial charge in [-0.15, -0.1) is 0 Å². The third-order valence-corrected chi connectivity index (χ3v) is 6.27. The van der Waals surface area contributed by atoms with Crippen LogP contribution in [-0.4, -0.2) is 24.4 Å². The first-order chi connectivity index (χ1) is 12.6. The number of aryl methyl sites for hydroxylation is 1. The van der Waals surface area contributed by atoms with Crippen LogP contribution in [0.25, 0.3) is 0 Å². The van der Waals surface area contributed by atoms with Crippen LogP contribution in [0.5, 0.6) is 0 Å². The monoisotopic (exact) mass is 365 g/mol. The highest BCUT2D eigenvalue weighted by Crippen LogP contribution is 2.36. The lowest BCUT2D eigenvalue weighted by molar-refractivity contribution is 0.402. The summed E-state index contributed by atoms with van der Waals surface area (Å²) in [6, 6.07) is 20.9. The van der Waals surface area contributed by atoms with Crippen molar-refractivity contribution in [1.29, 1.82) is 0 Å². The fourth-order valence-corrected chi connectivity index (χ4v) is 4.59. The quantitative estimate of drug-likeness (QED) is 0.710. The van der Waals surface area contributed by atoms with Gasteiger partial charge in [-0.3, -0.25) is 0 Å². The van der Waals surface area contributed by atoms with Crippen molar-refractivity contribution >= 4 is 21.5 Å². The molecular weight excluding hydrogens is 346 g/mol. The van der Waals surface area contributed by atoms with E-state index < -0.39 is 10.0 Å². The van der Waals surface area contributed by atoms with E-state index in [1.54, 1.807) is 18.3 Å². The largest absolute Gasteiger partial charge is 0.311 e. The van der Waals surface area contributed by atoms with Gasteiger partial charge in [0.25, 0.3) is 0 Å². The Morgan fingerprint density at radius 3 is 2.42 bits per heavy atom. The first-order valence-electron chi connectivity index (χ1n) is 8.39. The molecule has 1 aliphatic heterocycles. The van der Waals surface area contributed by atoms with Crippen LogP contribution in [0.2, 0.25) is 0 Å². The molecule has 0 amide bonds. The van der Waals surface area contributed by atoms with Gasteiger partial charge in [-0.1, -0.05) is 48.0 Å². The Morgan fingerprint density at radius 1 is 0.962 bits per heavy atom. The Labute approximate surface area is 153 Å². The molecule has 0 aliphatic carbocycles. The number of anilines is 2. The molecule has 2 aromatic carbocycles.